The fourth-order valence-corrected chi connectivity index (χ4v) is 3.07. The number of carbonyl (C=O) groups excluding carboxylic acids is 1. The van der Waals surface area contributed by atoms with Gasteiger partial charge in [0.15, 0.2) is 6.61 Å². The van der Waals surface area contributed by atoms with Crippen molar-refractivity contribution >= 4 is 17.3 Å². The van der Waals surface area contributed by atoms with E-state index in [1.54, 1.807) is 6.07 Å². The minimum absolute atomic E-state index is 0.110. The van der Waals surface area contributed by atoms with E-state index in [9.17, 15) is 9.18 Å². The highest BCUT2D eigenvalue weighted by Gasteiger charge is 2.17. The molecule has 4 nitrogen and oxygen atoms in total. The summed E-state index contributed by atoms with van der Waals surface area (Å²) in [5.41, 5.74) is 2.33. The van der Waals surface area contributed by atoms with Crippen LogP contribution in [0.3, 0.4) is 0 Å². The summed E-state index contributed by atoms with van der Waals surface area (Å²) in [5.74, 6) is 0.0103. The third kappa shape index (κ3) is 4.50. The van der Waals surface area contributed by atoms with Crippen molar-refractivity contribution in [2.75, 3.05) is 29.9 Å². The Labute approximate surface area is 147 Å². The molecule has 0 aromatic heterocycles. The summed E-state index contributed by atoms with van der Waals surface area (Å²) < 4.78 is 19.2. The second-order valence-electron chi connectivity index (χ2n) is 6.31. The molecule has 25 heavy (non-hydrogen) atoms. The summed E-state index contributed by atoms with van der Waals surface area (Å²) in [5, 5.41) is 2.79. The first-order chi connectivity index (χ1) is 12.1. The van der Waals surface area contributed by atoms with E-state index < -0.39 is 0 Å². The van der Waals surface area contributed by atoms with E-state index >= 15 is 0 Å². The van der Waals surface area contributed by atoms with Crippen LogP contribution in [0.1, 0.15) is 24.8 Å². The fraction of sp³-hybridized carbons (Fsp3) is 0.350. The zero-order chi connectivity index (χ0) is 17.6. The van der Waals surface area contributed by atoms with Gasteiger partial charge in [-0.1, -0.05) is 18.2 Å². The summed E-state index contributed by atoms with van der Waals surface area (Å²) in [6.07, 6.45) is 3.44. The van der Waals surface area contributed by atoms with Crippen LogP contribution in [0.4, 0.5) is 15.8 Å². The van der Waals surface area contributed by atoms with Crippen LogP contribution in [-0.4, -0.2) is 25.6 Å². The first-order valence-corrected chi connectivity index (χ1v) is 8.66. The molecule has 0 aliphatic carbocycles. The van der Waals surface area contributed by atoms with Crippen LogP contribution in [0, 0.1) is 12.7 Å². The molecule has 0 unspecified atom stereocenters. The molecule has 1 aliphatic heterocycles. The highest BCUT2D eigenvalue weighted by atomic mass is 19.1. The molecule has 132 valence electrons. The molecule has 1 heterocycles. The molecule has 3 rings (SSSR count). The van der Waals surface area contributed by atoms with Crippen LogP contribution in [-0.2, 0) is 4.79 Å². The van der Waals surface area contributed by atoms with E-state index in [1.165, 1.54) is 18.6 Å². The molecular weight excluding hydrogens is 319 g/mol. The molecule has 0 saturated carbocycles. The standard InChI is InChI=1S/C20H23FN2O2/c1-15-7-3-4-8-19(15)25-14-20(24)22-17-13-16(21)9-10-18(17)23-11-5-2-6-12-23/h3-4,7-10,13H,2,5-6,11-12,14H2,1H3,(H,22,24). The van der Waals surface area contributed by atoms with Gasteiger partial charge < -0.3 is 15.0 Å². The van der Waals surface area contributed by atoms with Gasteiger partial charge in [0.2, 0.25) is 0 Å². The second-order valence-corrected chi connectivity index (χ2v) is 6.31. The number of nitrogens with one attached hydrogen (secondary N) is 1. The normalized spacial score (nSPS) is 14.2. The Morgan fingerprint density at radius 2 is 1.92 bits per heavy atom. The first-order valence-electron chi connectivity index (χ1n) is 8.66. The maximum absolute atomic E-state index is 13.7. The number of halogens is 1. The van der Waals surface area contributed by atoms with Crippen LogP contribution in [0.5, 0.6) is 5.75 Å². The smallest absolute Gasteiger partial charge is 0.262 e. The van der Waals surface area contributed by atoms with Gasteiger partial charge in [-0.3, -0.25) is 4.79 Å². The summed E-state index contributed by atoms with van der Waals surface area (Å²) in [6.45, 7) is 3.66. The maximum Gasteiger partial charge on any atom is 0.262 e. The number of hydrogen-bond acceptors (Lipinski definition) is 3. The lowest BCUT2D eigenvalue weighted by Crippen LogP contribution is -2.31. The Morgan fingerprint density at radius 1 is 1.16 bits per heavy atom. The van der Waals surface area contributed by atoms with Gasteiger partial charge in [0.05, 0.1) is 11.4 Å². The maximum atomic E-state index is 13.7. The van der Waals surface area contributed by atoms with Crippen LogP contribution < -0.4 is 15.0 Å². The van der Waals surface area contributed by atoms with Crippen LogP contribution in [0.2, 0.25) is 0 Å². The number of anilines is 2. The van der Waals surface area contributed by atoms with E-state index in [0.29, 0.717) is 11.4 Å². The summed E-state index contributed by atoms with van der Waals surface area (Å²) >= 11 is 0. The van der Waals surface area contributed by atoms with Crippen molar-refractivity contribution < 1.29 is 13.9 Å². The zero-order valence-electron chi connectivity index (χ0n) is 14.4. The zero-order valence-corrected chi connectivity index (χ0v) is 14.4. The predicted molar refractivity (Wildman–Crippen MR) is 97.8 cm³/mol. The Morgan fingerprint density at radius 3 is 2.68 bits per heavy atom. The fourth-order valence-electron chi connectivity index (χ4n) is 3.07. The lowest BCUT2D eigenvalue weighted by atomic mass is 10.1. The monoisotopic (exact) mass is 342 g/mol. The lowest BCUT2D eigenvalue weighted by Gasteiger charge is -2.30. The second kappa shape index (κ2) is 8.01. The van der Waals surface area contributed by atoms with Gasteiger partial charge in [-0.15, -0.1) is 0 Å². The van der Waals surface area contributed by atoms with E-state index in [-0.39, 0.29) is 18.3 Å². The molecule has 0 radical (unpaired) electrons. The SMILES string of the molecule is Cc1ccccc1OCC(=O)Nc1cc(F)ccc1N1CCCCC1. The summed E-state index contributed by atoms with van der Waals surface area (Å²) in [6, 6.07) is 12.1. The third-order valence-electron chi connectivity index (χ3n) is 4.38. The average molecular weight is 342 g/mol. The minimum Gasteiger partial charge on any atom is -0.483 e. The Balaban J connectivity index is 1.68. The molecular formula is C20H23FN2O2. The van der Waals surface area contributed by atoms with Gasteiger partial charge in [-0.05, 0) is 56.0 Å². The molecule has 0 spiro atoms. The summed E-state index contributed by atoms with van der Waals surface area (Å²) in [7, 11) is 0. The highest BCUT2D eigenvalue weighted by Crippen LogP contribution is 2.29. The Hall–Kier alpha value is -2.56. The number of para-hydroxylation sites is 1. The third-order valence-corrected chi connectivity index (χ3v) is 4.38. The number of hydrogen-bond donors (Lipinski definition) is 1. The molecule has 2 aromatic rings. The van der Waals surface area contributed by atoms with Crippen molar-refractivity contribution in [1.29, 1.82) is 0 Å². The molecule has 1 N–H and O–H groups in total. The number of rotatable bonds is 5. The van der Waals surface area contributed by atoms with Crippen molar-refractivity contribution in [1.82, 2.24) is 0 Å². The van der Waals surface area contributed by atoms with E-state index in [0.717, 1.165) is 37.2 Å². The molecule has 1 aliphatic rings. The minimum atomic E-state index is -0.365. The van der Waals surface area contributed by atoms with Crippen molar-refractivity contribution in [2.45, 2.75) is 26.2 Å². The predicted octanol–water partition coefficient (Wildman–Crippen LogP) is 4.14. The number of nitrogens with zero attached hydrogens (tertiary/aromatic N) is 1. The van der Waals surface area contributed by atoms with Crippen molar-refractivity contribution in [3.05, 3.63) is 53.8 Å². The van der Waals surface area contributed by atoms with Gasteiger partial charge in [0.25, 0.3) is 5.91 Å². The van der Waals surface area contributed by atoms with Gasteiger partial charge in [-0.25, -0.2) is 4.39 Å². The topological polar surface area (TPSA) is 41.6 Å². The molecule has 0 atom stereocenters. The number of benzene rings is 2. The van der Waals surface area contributed by atoms with E-state index in [4.69, 9.17) is 4.74 Å². The van der Waals surface area contributed by atoms with E-state index in [2.05, 4.69) is 10.2 Å². The molecule has 1 amide bonds. The van der Waals surface area contributed by atoms with Gasteiger partial charge >= 0.3 is 0 Å². The van der Waals surface area contributed by atoms with Crippen LogP contribution in [0.25, 0.3) is 0 Å². The van der Waals surface area contributed by atoms with Gasteiger partial charge in [0.1, 0.15) is 11.6 Å². The quantitative estimate of drug-likeness (QED) is 0.888. The lowest BCUT2D eigenvalue weighted by molar-refractivity contribution is -0.118. The molecule has 1 saturated heterocycles. The van der Waals surface area contributed by atoms with Crippen molar-refractivity contribution in [3.63, 3.8) is 0 Å². The Kier molecular flexibility index (Phi) is 5.53. The average Bonchev–Trinajstić information content (AvgIpc) is 2.62. The molecule has 2 aromatic carbocycles. The number of carbonyl (C=O) groups is 1. The number of aryl methyl sites for hydroxylation is 1. The molecule has 1 fully saturated rings. The van der Waals surface area contributed by atoms with Gasteiger partial charge in [0, 0.05) is 13.1 Å². The molecule has 0 bridgehead atoms. The van der Waals surface area contributed by atoms with Crippen molar-refractivity contribution in [3.8, 4) is 5.75 Å². The number of piperidine rings is 1. The van der Waals surface area contributed by atoms with Crippen LogP contribution >= 0.6 is 0 Å². The number of amides is 1. The van der Waals surface area contributed by atoms with Gasteiger partial charge in [-0.2, -0.15) is 0 Å². The Bertz CT molecular complexity index is 742. The molecule has 5 heteroatoms. The first kappa shape index (κ1) is 17.3. The van der Waals surface area contributed by atoms with E-state index in [1.807, 2.05) is 31.2 Å². The highest BCUT2D eigenvalue weighted by molar-refractivity contribution is 5.95. The number of ether oxygens (including phenoxy) is 1. The van der Waals surface area contributed by atoms with Crippen molar-refractivity contribution in [2.24, 2.45) is 0 Å². The van der Waals surface area contributed by atoms with Crippen LogP contribution in [0.15, 0.2) is 42.5 Å². The largest absolute Gasteiger partial charge is 0.483 e. The summed E-state index contributed by atoms with van der Waals surface area (Å²) in [4.78, 5) is 14.5.